The number of H-pyrrole nitrogens is 1. The van der Waals surface area contributed by atoms with E-state index < -0.39 is 39.3 Å². The van der Waals surface area contributed by atoms with E-state index >= 15 is 0 Å². The molecule has 4 atom stereocenters. The van der Waals surface area contributed by atoms with Crippen LogP contribution in [0.2, 0.25) is 18.1 Å². The van der Waals surface area contributed by atoms with Crippen molar-refractivity contribution in [2.75, 3.05) is 13.8 Å². The zero-order chi connectivity index (χ0) is 23.1. The fraction of sp³-hybridized carbons (Fsp3) is 0.700. The molecule has 1 aliphatic rings. The van der Waals surface area contributed by atoms with Gasteiger partial charge in [-0.15, -0.1) is 0 Å². The van der Waals surface area contributed by atoms with Crippen LogP contribution < -0.4 is 11.2 Å². The normalized spacial score (nSPS) is 25.4. The van der Waals surface area contributed by atoms with Gasteiger partial charge in [0.05, 0.1) is 6.10 Å². The zero-order valence-corrected chi connectivity index (χ0v) is 21.3. The van der Waals surface area contributed by atoms with Crippen molar-refractivity contribution in [2.24, 2.45) is 0 Å². The second kappa shape index (κ2) is 8.71. The molecule has 2 rings (SSSR count). The van der Waals surface area contributed by atoms with Crippen molar-refractivity contribution in [1.82, 2.24) is 9.55 Å². The van der Waals surface area contributed by atoms with Crippen LogP contribution in [-0.4, -0.2) is 43.9 Å². The quantitative estimate of drug-likeness (QED) is 0.511. The summed E-state index contributed by atoms with van der Waals surface area (Å²) < 4.78 is 31.9. The third kappa shape index (κ3) is 5.51. The summed E-state index contributed by atoms with van der Waals surface area (Å²) in [5.41, 5.74) is 0.223. The van der Waals surface area contributed by atoms with Crippen LogP contribution >= 0.6 is 7.37 Å². The molecule has 30 heavy (non-hydrogen) atoms. The Morgan fingerprint density at radius 2 is 1.97 bits per heavy atom. The number of aryl methyl sites for hydroxylation is 1. The molecule has 0 spiro atoms. The van der Waals surface area contributed by atoms with Crippen LogP contribution in [0.5, 0.6) is 0 Å². The minimum absolute atomic E-state index is 0.00869. The number of aromatic nitrogens is 2. The highest BCUT2D eigenvalue weighted by Crippen LogP contribution is 2.47. The van der Waals surface area contributed by atoms with Crippen molar-refractivity contribution in [3.8, 4) is 0 Å². The molecule has 1 aromatic rings. The predicted octanol–water partition coefficient (Wildman–Crippen LogP) is 3.98. The predicted molar refractivity (Wildman–Crippen MR) is 121 cm³/mol. The molecule has 0 saturated carbocycles. The molecule has 0 aliphatic carbocycles. The Bertz CT molecular complexity index is 975. The van der Waals surface area contributed by atoms with Crippen molar-refractivity contribution in [3.05, 3.63) is 44.0 Å². The molecular formula is C20H35N2O6PSi. The molecule has 0 radical (unpaired) electrons. The van der Waals surface area contributed by atoms with Crippen molar-refractivity contribution in [1.29, 1.82) is 0 Å². The van der Waals surface area contributed by atoms with E-state index in [0.717, 1.165) is 5.57 Å². The number of nitrogens with one attached hydrogen (secondary N) is 1. The lowest BCUT2D eigenvalue weighted by molar-refractivity contribution is 0.000694. The lowest BCUT2D eigenvalue weighted by atomic mass is 10.1. The highest BCUT2D eigenvalue weighted by atomic mass is 31.2. The summed E-state index contributed by atoms with van der Waals surface area (Å²) >= 11 is 0. The zero-order valence-electron chi connectivity index (χ0n) is 19.4. The highest BCUT2D eigenvalue weighted by molar-refractivity contribution is 7.61. The van der Waals surface area contributed by atoms with E-state index in [9.17, 15) is 14.2 Å². The van der Waals surface area contributed by atoms with E-state index in [0.29, 0.717) is 12.0 Å². The molecule has 0 amide bonds. The Balaban J connectivity index is 2.46. The average molecular weight is 459 g/mol. The molecule has 1 fully saturated rings. The van der Waals surface area contributed by atoms with E-state index in [-0.39, 0.29) is 11.1 Å². The maximum atomic E-state index is 12.5. The van der Waals surface area contributed by atoms with E-state index in [1.165, 1.54) is 17.9 Å². The molecular weight excluding hydrogens is 423 g/mol. The first-order valence-electron chi connectivity index (χ1n) is 10.1. The highest BCUT2D eigenvalue weighted by Gasteiger charge is 2.46. The van der Waals surface area contributed by atoms with Crippen molar-refractivity contribution in [3.63, 3.8) is 0 Å². The molecule has 170 valence electrons. The molecule has 2 heterocycles. The summed E-state index contributed by atoms with van der Waals surface area (Å²) in [6, 6.07) is 0. The summed E-state index contributed by atoms with van der Waals surface area (Å²) in [4.78, 5) is 26.5. The third-order valence-corrected chi connectivity index (χ3v) is 12.1. The molecule has 0 aromatic carbocycles. The van der Waals surface area contributed by atoms with Gasteiger partial charge in [0, 0.05) is 37.8 Å². The lowest BCUT2D eigenvalue weighted by Crippen LogP contribution is -2.46. The second-order valence-electron chi connectivity index (χ2n) is 9.61. The van der Waals surface area contributed by atoms with Crippen LogP contribution in [0.15, 0.2) is 27.2 Å². The van der Waals surface area contributed by atoms with Gasteiger partial charge in [0.2, 0.25) is 7.37 Å². The number of hydrogen-bond acceptors (Lipinski definition) is 6. The number of aromatic amines is 1. The van der Waals surface area contributed by atoms with Gasteiger partial charge in [-0.05, 0) is 37.6 Å². The number of nitrogens with zero attached hydrogens (tertiary/aromatic N) is 1. The summed E-state index contributed by atoms with van der Waals surface area (Å²) in [5.74, 6) is 1.60. The van der Waals surface area contributed by atoms with E-state index in [1.807, 2.05) is 6.92 Å². The van der Waals surface area contributed by atoms with E-state index in [1.54, 1.807) is 19.4 Å². The molecule has 1 saturated heterocycles. The fourth-order valence-electron chi connectivity index (χ4n) is 3.18. The van der Waals surface area contributed by atoms with Crippen molar-refractivity contribution < 1.29 is 18.3 Å². The average Bonchev–Trinajstić information content (AvgIpc) is 2.99. The minimum Gasteiger partial charge on any atom is -0.411 e. The maximum Gasteiger partial charge on any atom is 0.330 e. The van der Waals surface area contributed by atoms with Gasteiger partial charge in [0.1, 0.15) is 12.3 Å². The summed E-state index contributed by atoms with van der Waals surface area (Å²) in [5, 5.41) is -0.00869. The number of hydrogen-bond donors (Lipinski definition) is 1. The van der Waals surface area contributed by atoms with Gasteiger partial charge in [-0.3, -0.25) is 18.9 Å². The summed E-state index contributed by atoms with van der Waals surface area (Å²) in [6.07, 6.45) is 0.551. The van der Waals surface area contributed by atoms with Gasteiger partial charge in [-0.1, -0.05) is 20.8 Å². The molecule has 1 aromatic heterocycles. The van der Waals surface area contributed by atoms with Gasteiger partial charge < -0.3 is 13.7 Å². The molecule has 8 nitrogen and oxygen atoms in total. The van der Waals surface area contributed by atoms with Gasteiger partial charge >= 0.3 is 5.69 Å². The van der Waals surface area contributed by atoms with Crippen LogP contribution in [0, 0.1) is 6.92 Å². The second-order valence-corrected chi connectivity index (χ2v) is 16.8. The van der Waals surface area contributed by atoms with Crippen molar-refractivity contribution in [2.45, 2.75) is 77.6 Å². The topological polar surface area (TPSA) is 99.6 Å². The smallest absolute Gasteiger partial charge is 0.330 e. The molecule has 1 aliphatic heterocycles. The first-order chi connectivity index (χ1) is 13.6. The number of ether oxygens (including phenoxy) is 1. The third-order valence-electron chi connectivity index (χ3n) is 6.03. The van der Waals surface area contributed by atoms with Gasteiger partial charge in [0.25, 0.3) is 5.56 Å². The van der Waals surface area contributed by atoms with Crippen molar-refractivity contribution >= 4 is 15.7 Å². The SMILES string of the molecule is COP(C)(=O)/C=C(\C)[C@H]1O[C@@H](n2cc(C)c(=O)[nH]c2=O)CC1O[Si](C)(C)C(C)(C)C. The Morgan fingerprint density at radius 1 is 1.37 bits per heavy atom. The van der Waals surface area contributed by atoms with Gasteiger partial charge in [-0.2, -0.15) is 0 Å². The first-order valence-corrected chi connectivity index (χ1v) is 15.1. The maximum absolute atomic E-state index is 12.5. The van der Waals surface area contributed by atoms with Crippen LogP contribution in [0.4, 0.5) is 0 Å². The van der Waals surface area contributed by atoms with Gasteiger partial charge in [-0.25, -0.2) is 4.79 Å². The Labute approximate surface area is 179 Å². The fourth-order valence-corrected chi connectivity index (χ4v) is 5.50. The summed E-state index contributed by atoms with van der Waals surface area (Å²) in [7, 11) is -3.64. The lowest BCUT2D eigenvalue weighted by Gasteiger charge is -2.39. The monoisotopic (exact) mass is 458 g/mol. The Hall–Kier alpha value is -1.25. The van der Waals surface area contributed by atoms with E-state index in [2.05, 4.69) is 38.8 Å². The first kappa shape index (κ1) is 25.0. The van der Waals surface area contributed by atoms with Crippen LogP contribution in [0.1, 0.15) is 45.9 Å². The minimum atomic E-state index is -2.91. The standard InChI is InChI=1S/C20H35N2O6PSi/c1-13-11-22(19(24)21-18(13)23)16-10-15(28-30(8,9)20(3,4)5)17(27-16)14(2)12-29(7,25)26-6/h11-12,15-17H,10H2,1-9H3,(H,21,23,24)/b14-12+/t15?,16-,17-,29?/m1/s1. The number of rotatable bonds is 6. The largest absolute Gasteiger partial charge is 0.411 e. The summed E-state index contributed by atoms with van der Waals surface area (Å²) in [6.45, 7) is 15.8. The molecule has 1 N–H and O–H groups in total. The van der Waals surface area contributed by atoms with Crippen LogP contribution in [0.3, 0.4) is 0 Å². The van der Waals surface area contributed by atoms with Crippen LogP contribution in [-0.2, 0) is 18.3 Å². The Kier molecular flexibility index (Phi) is 7.26. The molecule has 2 unspecified atom stereocenters. The van der Waals surface area contributed by atoms with Gasteiger partial charge in [0.15, 0.2) is 8.32 Å². The molecule has 0 bridgehead atoms. The molecule has 10 heteroatoms. The Morgan fingerprint density at radius 3 is 2.50 bits per heavy atom. The van der Waals surface area contributed by atoms with E-state index in [4.69, 9.17) is 13.7 Å². The van der Waals surface area contributed by atoms with Crippen LogP contribution in [0.25, 0.3) is 0 Å².